The lowest BCUT2D eigenvalue weighted by Crippen LogP contribution is -2.12. The Balaban J connectivity index is 2.18. The second-order valence-electron chi connectivity index (χ2n) is 4.68. The molecule has 0 fully saturated rings. The molecule has 0 aliphatic carbocycles. The van der Waals surface area contributed by atoms with Crippen LogP contribution in [0.15, 0.2) is 46.9 Å². The normalized spacial score (nSPS) is 11.8. The summed E-state index contributed by atoms with van der Waals surface area (Å²) in [4.78, 5) is 22.4. The van der Waals surface area contributed by atoms with Gasteiger partial charge in [-0.15, -0.1) is 0 Å². The Morgan fingerprint density at radius 2 is 1.91 bits per heavy atom. The summed E-state index contributed by atoms with van der Waals surface area (Å²) in [7, 11) is 0. The number of nitro benzene ring substituents is 1. The lowest BCUT2D eigenvalue weighted by Gasteiger charge is -2.08. The number of aliphatic hydroxyl groups excluding tert-OH is 1. The number of carbonyl (C=O) groups is 1. The molecule has 0 aromatic heterocycles. The highest BCUT2D eigenvalue weighted by atomic mass is 79.9. The van der Waals surface area contributed by atoms with Crippen molar-refractivity contribution < 1.29 is 14.8 Å². The zero-order valence-corrected chi connectivity index (χ0v) is 13.2. The highest BCUT2D eigenvalue weighted by Crippen LogP contribution is 2.26. The first kappa shape index (κ1) is 16.1. The van der Waals surface area contributed by atoms with Gasteiger partial charge >= 0.3 is 0 Å². The number of hydrogen-bond donors (Lipinski definition) is 2. The minimum absolute atomic E-state index is 0.169. The van der Waals surface area contributed by atoms with E-state index in [1.807, 2.05) is 0 Å². The number of carbonyl (C=O) groups excluding carboxylic acids is 1. The number of aliphatic hydroxyl groups is 1. The van der Waals surface area contributed by atoms with E-state index in [1.165, 1.54) is 18.2 Å². The Morgan fingerprint density at radius 3 is 2.45 bits per heavy atom. The summed E-state index contributed by atoms with van der Waals surface area (Å²) < 4.78 is 0.315. The van der Waals surface area contributed by atoms with Crippen molar-refractivity contribution in [2.24, 2.45) is 0 Å². The maximum Gasteiger partial charge on any atom is 0.284 e. The number of hydrogen-bond acceptors (Lipinski definition) is 4. The number of nitro groups is 1. The van der Waals surface area contributed by atoms with Crippen LogP contribution in [0.3, 0.4) is 0 Å². The number of rotatable bonds is 4. The minimum Gasteiger partial charge on any atom is -0.389 e. The zero-order valence-electron chi connectivity index (χ0n) is 11.6. The summed E-state index contributed by atoms with van der Waals surface area (Å²) in [6.07, 6.45) is -0.584. The van der Waals surface area contributed by atoms with Crippen LogP contribution in [0.5, 0.6) is 0 Å². The van der Waals surface area contributed by atoms with Gasteiger partial charge in [0.1, 0.15) is 0 Å². The van der Waals surface area contributed by atoms with Gasteiger partial charge in [0.05, 0.1) is 15.5 Å². The first-order valence-electron chi connectivity index (χ1n) is 6.42. The second kappa shape index (κ2) is 6.67. The lowest BCUT2D eigenvalue weighted by atomic mass is 10.1. The smallest absolute Gasteiger partial charge is 0.284 e. The number of amides is 1. The summed E-state index contributed by atoms with van der Waals surface area (Å²) in [6, 6.07) is 10.9. The summed E-state index contributed by atoms with van der Waals surface area (Å²) in [5.74, 6) is -0.444. The zero-order chi connectivity index (χ0) is 16.3. The van der Waals surface area contributed by atoms with E-state index in [-0.39, 0.29) is 11.3 Å². The fourth-order valence-corrected chi connectivity index (χ4v) is 2.23. The molecule has 2 aromatic rings. The van der Waals surface area contributed by atoms with Gasteiger partial charge in [0.2, 0.25) is 0 Å². The standard InChI is InChI=1S/C15H13BrN2O4/c1-9(19)10-2-5-12(6-3-10)17-15(20)11-4-7-13(16)14(8-11)18(21)22/h2-9,19H,1H3,(H,17,20). The van der Waals surface area contributed by atoms with E-state index in [1.54, 1.807) is 31.2 Å². The van der Waals surface area contributed by atoms with Crippen LogP contribution in [0, 0.1) is 10.1 Å². The Hall–Kier alpha value is -2.25. The van der Waals surface area contributed by atoms with Crippen molar-refractivity contribution in [2.75, 3.05) is 5.32 Å². The third-order valence-electron chi connectivity index (χ3n) is 3.06. The van der Waals surface area contributed by atoms with Crippen LogP contribution in [0.1, 0.15) is 28.9 Å². The van der Waals surface area contributed by atoms with Crippen LogP contribution in [-0.2, 0) is 0 Å². The number of halogens is 1. The Kier molecular flexibility index (Phi) is 4.89. The van der Waals surface area contributed by atoms with Gasteiger partial charge in [-0.25, -0.2) is 0 Å². The molecule has 0 saturated carbocycles. The Labute approximate surface area is 135 Å². The predicted octanol–water partition coefficient (Wildman–Crippen LogP) is 3.66. The van der Waals surface area contributed by atoms with Crippen molar-refractivity contribution in [3.63, 3.8) is 0 Å². The summed E-state index contributed by atoms with van der Waals surface area (Å²) >= 11 is 3.07. The van der Waals surface area contributed by atoms with Gasteiger partial charge in [0.15, 0.2) is 0 Å². The van der Waals surface area contributed by atoms with Crippen LogP contribution < -0.4 is 5.32 Å². The molecule has 114 valence electrons. The van der Waals surface area contributed by atoms with Gasteiger partial charge in [0.25, 0.3) is 11.6 Å². The molecule has 22 heavy (non-hydrogen) atoms. The molecule has 0 radical (unpaired) electrons. The molecule has 0 aliphatic heterocycles. The van der Waals surface area contributed by atoms with Crippen molar-refractivity contribution in [1.82, 2.24) is 0 Å². The van der Waals surface area contributed by atoms with E-state index in [4.69, 9.17) is 0 Å². The highest BCUT2D eigenvalue weighted by molar-refractivity contribution is 9.10. The second-order valence-corrected chi connectivity index (χ2v) is 5.53. The fourth-order valence-electron chi connectivity index (χ4n) is 1.84. The first-order valence-corrected chi connectivity index (χ1v) is 7.21. The average molecular weight is 365 g/mol. The largest absolute Gasteiger partial charge is 0.389 e. The predicted molar refractivity (Wildman–Crippen MR) is 85.8 cm³/mol. The molecule has 7 heteroatoms. The Morgan fingerprint density at radius 1 is 1.27 bits per heavy atom. The van der Waals surface area contributed by atoms with Crippen LogP contribution in [0.2, 0.25) is 0 Å². The van der Waals surface area contributed by atoms with E-state index in [9.17, 15) is 20.0 Å². The van der Waals surface area contributed by atoms with Crippen molar-refractivity contribution in [3.05, 3.63) is 68.2 Å². The third kappa shape index (κ3) is 3.69. The van der Waals surface area contributed by atoms with Gasteiger partial charge in [0, 0.05) is 17.3 Å². The molecule has 2 aromatic carbocycles. The van der Waals surface area contributed by atoms with E-state index in [0.29, 0.717) is 10.2 Å². The molecule has 0 heterocycles. The topological polar surface area (TPSA) is 92.5 Å². The van der Waals surface area contributed by atoms with Crippen LogP contribution in [0.25, 0.3) is 0 Å². The van der Waals surface area contributed by atoms with E-state index in [2.05, 4.69) is 21.2 Å². The molecule has 0 aliphatic rings. The van der Waals surface area contributed by atoms with E-state index in [0.717, 1.165) is 5.56 Å². The maximum atomic E-state index is 12.1. The van der Waals surface area contributed by atoms with Gasteiger partial charge < -0.3 is 10.4 Å². The molecule has 1 amide bonds. The first-order chi connectivity index (χ1) is 10.4. The average Bonchev–Trinajstić information content (AvgIpc) is 2.47. The lowest BCUT2D eigenvalue weighted by molar-refractivity contribution is -0.385. The fraction of sp³-hybridized carbons (Fsp3) is 0.133. The molecule has 0 spiro atoms. The molecule has 0 bridgehead atoms. The maximum absolute atomic E-state index is 12.1. The minimum atomic E-state index is -0.584. The highest BCUT2D eigenvalue weighted by Gasteiger charge is 2.16. The molecule has 6 nitrogen and oxygen atoms in total. The summed E-state index contributed by atoms with van der Waals surface area (Å²) in [5, 5.41) is 23.0. The van der Waals surface area contributed by atoms with Crippen molar-refractivity contribution in [2.45, 2.75) is 13.0 Å². The number of anilines is 1. The quantitative estimate of drug-likeness (QED) is 0.639. The van der Waals surface area contributed by atoms with Crippen LogP contribution in [0.4, 0.5) is 11.4 Å². The van der Waals surface area contributed by atoms with Gasteiger partial charge in [-0.2, -0.15) is 0 Å². The van der Waals surface area contributed by atoms with Crippen LogP contribution >= 0.6 is 15.9 Å². The third-order valence-corrected chi connectivity index (χ3v) is 3.73. The van der Waals surface area contributed by atoms with E-state index >= 15 is 0 Å². The van der Waals surface area contributed by atoms with Gasteiger partial charge in [-0.1, -0.05) is 12.1 Å². The molecule has 2 N–H and O–H groups in total. The number of nitrogens with zero attached hydrogens (tertiary/aromatic N) is 1. The van der Waals surface area contributed by atoms with Crippen molar-refractivity contribution >= 4 is 33.2 Å². The van der Waals surface area contributed by atoms with Gasteiger partial charge in [-0.05, 0) is 52.7 Å². The number of benzene rings is 2. The van der Waals surface area contributed by atoms with Gasteiger partial charge in [-0.3, -0.25) is 14.9 Å². The molecular formula is C15H13BrN2O4. The molecule has 1 atom stereocenters. The van der Waals surface area contributed by atoms with Crippen molar-refractivity contribution in [1.29, 1.82) is 0 Å². The van der Waals surface area contributed by atoms with Crippen LogP contribution in [-0.4, -0.2) is 15.9 Å². The SMILES string of the molecule is CC(O)c1ccc(NC(=O)c2ccc(Br)c([N+](=O)[O-])c2)cc1. The Bertz CT molecular complexity index is 714. The van der Waals surface area contributed by atoms with E-state index < -0.39 is 16.9 Å². The van der Waals surface area contributed by atoms with Crippen molar-refractivity contribution in [3.8, 4) is 0 Å². The summed E-state index contributed by atoms with van der Waals surface area (Å²) in [6.45, 7) is 1.65. The molecular weight excluding hydrogens is 352 g/mol. The molecule has 2 rings (SSSR count). The summed E-state index contributed by atoms with van der Waals surface area (Å²) in [5.41, 5.74) is 1.30. The molecule has 0 saturated heterocycles. The number of nitrogens with one attached hydrogen (secondary N) is 1. The monoisotopic (exact) mass is 364 g/mol. The molecule has 1 unspecified atom stereocenters.